The van der Waals surface area contributed by atoms with Crippen LogP contribution >= 0.6 is 0 Å². The van der Waals surface area contributed by atoms with E-state index in [1.54, 1.807) is 29.2 Å². The molecule has 0 spiro atoms. The van der Waals surface area contributed by atoms with Crippen molar-refractivity contribution in [2.24, 2.45) is 0 Å². The first-order valence-electron chi connectivity index (χ1n) is 9.22. The monoisotopic (exact) mass is 379 g/mol. The van der Waals surface area contributed by atoms with Crippen LogP contribution in [-0.4, -0.2) is 47.2 Å². The van der Waals surface area contributed by atoms with Gasteiger partial charge in [0.1, 0.15) is 5.69 Å². The molecule has 1 fully saturated rings. The predicted octanol–water partition coefficient (Wildman–Crippen LogP) is 2.48. The van der Waals surface area contributed by atoms with Crippen LogP contribution in [0.1, 0.15) is 51.2 Å². The largest absolute Gasteiger partial charge is 0.457 e. The van der Waals surface area contributed by atoms with Crippen LogP contribution in [0.3, 0.4) is 0 Å². The number of carbonyl (C=O) groups excluding carboxylic acids is 3. The van der Waals surface area contributed by atoms with Gasteiger partial charge < -0.3 is 14.6 Å². The van der Waals surface area contributed by atoms with Crippen LogP contribution in [0, 0.1) is 11.3 Å². The Morgan fingerprint density at radius 3 is 2.54 bits per heavy atom. The number of ketones is 1. The van der Waals surface area contributed by atoms with E-state index >= 15 is 0 Å². The van der Waals surface area contributed by atoms with Crippen molar-refractivity contribution < 1.29 is 19.1 Å². The van der Waals surface area contributed by atoms with Crippen molar-refractivity contribution in [3.63, 3.8) is 0 Å². The SMILES string of the molecule is N#Cc1ccc(CCC(=O)OCC(=O)c2c[nH]c(C(=O)N3CCCC3)c2)cc1. The molecule has 2 aromatic rings. The fraction of sp³-hybridized carbons (Fsp3) is 0.333. The molecule has 3 rings (SSSR count). The second-order valence-corrected chi connectivity index (χ2v) is 6.69. The predicted molar refractivity (Wildman–Crippen MR) is 101 cm³/mol. The number of esters is 1. The molecule has 28 heavy (non-hydrogen) atoms. The van der Waals surface area contributed by atoms with Crippen molar-refractivity contribution in [1.82, 2.24) is 9.88 Å². The average Bonchev–Trinajstić information content (AvgIpc) is 3.42. The van der Waals surface area contributed by atoms with Crippen LogP contribution in [0.4, 0.5) is 0 Å². The zero-order valence-electron chi connectivity index (χ0n) is 15.4. The smallest absolute Gasteiger partial charge is 0.306 e. The van der Waals surface area contributed by atoms with Gasteiger partial charge in [-0.05, 0) is 43.0 Å². The topological polar surface area (TPSA) is 103 Å². The molecule has 7 heteroatoms. The zero-order valence-corrected chi connectivity index (χ0v) is 15.4. The van der Waals surface area contributed by atoms with Gasteiger partial charge in [-0.1, -0.05) is 12.1 Å². The molecular formula is C21H21N3O4. The van der Waals surface area contributed by atoms with E-state index in [9.17, 15) is 14.4 Å². The van der Waals surface area contributed by atoms with E-state index in [-0.39, 0.29) is 24.7 Å². The minimum absolute atomic E-state index is 0.115. The Morgan fingerprint density at radius 1 is 1.14 bits per heavy atom. The minimum Gasteiger partial charge on any atom is -0.457 e. The number of aromatic nitrogens is 1. The number of Topliss-reactive ketones (excluding diaryl/α,β-unsaturated/α-hetero) is 1. The van der Waals surface area contributed by atoms with Gasteiger partial charge in [0.2, 0.25) is 5.78 Å². The first-order chi connectivity index (χ1) is 13.6. The molecule has 2 heterocycles. The van der Waals surface area contributed by atoms with Crippen LogP contribution in [0.15, 0.2) is 36.5 Å². The molecule has 1 N–H and O–H groups in total. The van der Waals surface area contributed by atoms with Gasteiger partial charge in [-0.2, -0.15) is 5.26 Å². The maximum Gasteiger partial charge on any atom is 0.306 e. The number of benzene rings is 1. The average molecular weight is 379 g/mol. The van der Waals surface area contributed by atoms with Gasteiger partial charge in [-0.3, -0.25) is 14.4 Å². The molecule has 1 aromatic heterocycles. The lowest BCUT2D eigenvalue weighted by molar-refractivity contribution is -0.142. The summed E-state index contributed by atoms with van der Waals surface area (Å²) in [5, 5.41) is 8.77. The molecule has 1 aliphatic heterocycles. The van der Waals surface area contributed by atoms with Crippen LogP contribution in [0.25, 0.3) is 0 Å². The minimum atomic E-state index is -0.471. The molecule has 0 aliphatic carbocycles. The van der Waals surface area contributed by atoms with Crippen molar-refractivity contribution in [1.29, 1.82) is 5.26 Å². The molecule has 0 unspecified atom stereocenters. The number of rotatable bonds is 7. The van der Waals surface area contributed by atoms with Gasteiger partial charge >= 0.3 is 5.97 Å². The standard InChI is InChI=1S/C21H21N3O4/c22-12-16-5-3-15(4-6-16)7-8-20(26)28-14-19(25)17-11-18(23-13-17)21(27)24-9-1-2-10-24/h3-6,11,13,23H,1-2,7-10,14H2. The fourth-order valence-corrected chi connectivity index (χ4v) is 3.06. The van der Waals surface area contributed by atoms with Gasteiger partial charge in [-0.15, -0.1) is 0 Å². The van der Waals surface area contributed by atoms with Crippen molar-refractivity contribution in [2.45, 2.75) is 25.7 Å². The Labute approximate surface area is 162 Å². The summed E-state index contributed by atoms with van der Waals surface area (Å²) in [5.74, 6) is -0.944. The van der Waals surface area contributed by atoms with Crippen LogP contribution in [-0.2, 0) is 16.0 Å². The number of nitrogens with zero attached hydrogens (tertiary/aromatic N) is 2. The number of carbonyl (C=O) groups is 3. The molecule has 0 bridgehead atoms. The van der Waals surface area contributed by atoms with E-state index in [2.05, 4.69) is 4.98 Å². The molecule has 7 nitrogen and oxygen atoms in total. The number of nitrogens with one attached hydrogen (secondary N) is 1. The van der Waals surface area contributed by atoms with Gasteiger partial charge in [-0.25, -0.2) is 0 Å². The Bertz CT molecular complexity index is 902. The number of likely N-dealkylation sites (tertiary alicyclic amines) is 1. The molecule has 0 radical (unpaired) electrons. The third-order valence-corrected chi connectivity index (χ3v) is 4.69. The van der Waals surface area contributed by atoms with Crippen LogP contribution in [0.2, 0.25) is 0 Å². The van der Waals surface area contributed by atoms with Crippen LogP contribution < -0.4 is 0 Å². The number of nitriles is 1. The van der Waals surface area contributed by atoms with Gasteiger partial charge in [0.15, 0.2) is 6.61 Å². The van der Waals surface area contributed by atoms with Crippen molar-refractivity contribution in [3.05, 3.63) is 58.9 Å². The molecule has 1 amide bonds. The molecule has 0 atom stereocenters. The summed E-state index contributed by atoms with van der Waals surface area (Å²) >= 11 is 0. The lowest BCUT2D eigenvalue weighted by atomic mass is 10.1. The van der Waals surface area contributed by atoms with Crippen LogP contribution in [0.5, 0.6) is 0 Å². The second-order valence-electron chi connectivity index (χ2n) is 6.69. The highest BCUT2D eigenvalue weighted by Gasteiger charge is 2.22. The lowest BCUT2D eigenvalue weighted by Crippen LogP contribution is -2.27. The van der Waals surface area contributed by atoms with Crippen molar-refractivity contribution >= 4 is 17.7 Å². The summed E-state index contributed by atoms with van der Waals surface area (Å²) < 4.78 is 5.04. The molecule has 1 aliphatic rings. The van der Waals surface area contributed by atoms with Gasteiger partial charge in [0, 0.05) is 31.3 Å². The molecular weight excluding hydrogens is 358 g/mol. The summed E-state index contributed by atoms with van der Waals surface area (Å²) in [4.78, 5) is 40.9. The first kappa shape index (κ1) is 19.4. The Kier molecular flexibility index (Phi) is 6.22. The van der Waals surface area contributed by atoms with E-state index in [1.807, 2.05) is 6.07 Å². The van der Waals surface area contributed by atoms with Gasteiger partial charge in [0.25, 0.3) is 5.91 Å². The Hall–Kier alpha value is -3.40. The molecule has 0 saturated carbocycles. The Morgan fingerprint density at radius 2 is 1.86 bits per heavy atom. The Balaban J connectivity index is 1.45. The summed E-state index contributed by atoms with van der Waals surface area (Å²) in [5.41, 5.74) is 2.17. The second kappa shape index (κ2) is 9.00. The van der Waals surface area contributed by atoms with E-state index in [0.717, 1.165) is 31.5 Å². The number of ether oxygens (including phenoxy) is 1. The van der Waals surface area contributed by atoms with Crippen molar-refractivity contribution in [3.8, 4) is 6.07 Å². The summed E-state index contributed by atoms with van der Waals surface area (Å²) in [6.07, 6.45) is 4.08. The normalized spacial score (nSPS) is 13.2. The number of aryl methyl sites for hydroxylation is 1. The highest BCUT2D eigenvalue weighted by Crippen LogP contribution is 2.14. The first-order valence-corrected chi connectivity index (χ1v) is 9.22. The van der Waals surface area contributed by atoms with Crippen molar-refractivity contribution in [2.75, 3.05) is 19.7 Å². The van der Waals surface area contributed by atoms with Gasteiger partial charge in [0.05, 0.1) is 11.6 Å². The maximum atomic E-state index is 12.3. The third kappa shape index (κ3) is 4.86. The zero-order chi connectivity index (χ0) is 19.9. The number of hydrogen-bond acceptors (Lipinski definition) is 5. The number of hydrogen-bond donors (Lipinski definition) is 1. The summed E-state index contributed by atoms with van der Waals surface area (Å²) in [6.45, 7) is 1.11. The highest BCUT2D eigenvalue weighted by atomic mass is 16.5. The maximum absolute atomic E-state index is 12.3. The fourth-order valence-electron chi connectivity index (χ4n) is 3.06. The number of amides is 1. The van der Waals surface area contributed by atoms with E-state index in [4.69, 9.17) is 10.00 Å². The lowest BCUT2D eigenvalue weighted by Gasteiger charge is -2.13. The summed E-state index contributed by atoms with van der Waals surface area (Å²) in [6, 6.07) is 10.5. The third-order valence-electron chi connectivity index (χ3n) is 4.69. The number of H-pyrrole nitrogens is 1. The van der Waals surface area contributed by atoms with E-state index < -0.39 is 5.97 Å². The molecule has 144 valence electrons. The quantitative estimate of drug-likeness (QED) is 0.588. The van der Waals surface area contributed by atoms with E-state index in [0.29, 0.717) is 23.2 Å². The van der Waals surface area contributed by atoms with E-state index in [1.165, 1.54) is 12.3 Å². The highest BCUT2D eigenvalue weighted by molar-refractivity contribution is 6.01. The number of aromatic amines is 1. The molecule has 1 saturated heterocycles. The molecule has 1 aromatic carbocycles. The summed E-state index contributed by atoms with van der Waals surface area (Å²) in [7, 11) is 0.